The van der Waals surface area contributed by atoms with E-state index in [4.69, 9.17) is 21.1 Å². The molecule has 0 unspecified atom stereocenters. The largest absolute Gasteiger partial charge is 0.493 e. The van der Waals surface area contributed by atoms with Gasteiger partial charge in [0.2, 0.25) is 0 Å². The molecule has 3 amide bonds. The van der Waals surface area contributed by atoms with Gasteiger partial charge in [0.15, 0.2) is 11.5 Å². The Balaban J connectivity index is 1.83. The third kappa shape index (κ3) is 4.28. The molecule has 28 heavy (non-hydrogen) atoms. The Labute approximate surface area is 168 Å². The molecular formula is C21H21ClN2O4. The van der Waals surface area contributed by atoms with Crippen LogP contribution in [-0.2, 0) is 11.4 Å². The lowest BCUT2D eigenvalue weighted by Crippen LogP contribution is -2.31. The van der Waals surface area contributed by atoms with E-state index in [1.165, 1.54) is 12.0 Å². The van der Waals surface area contributed by atoms with E-state index < -0.39 is 6.03 Å². The molecule has 0 aliphatic carbocycles. The highest BCUT2D eigenvalue weighted by molar-refractivity contribution is 6.32. The molecular weight excluding hydrogens is 380 g/mol. The molecule has 1 heterocycles. The lowest BCUT2D eigenvalue weighted by molar-refractivity contribution is -0.122. The summed E-state index contributed by atoms with van der Waals surface area (Å²) in [6.45, 7) is 2.62. The van der Waals surface area contributed by atoms with Gasteiger partial charge in [-0.05, 0) is 35.8 Å². The minimum Gasteiger partial charge on any atom is -0.493 e. The van der Waals surface area contributed by atoms with Crippen LogP contribution in [0.15, 0.2) is 48.2 Å². The van der Waals surface area contributed by atoms with E-state index in [2.05, 4.69) is 5.32 Å². The third-order valence-electron chi connectivity index (χ3n) is 4.20. The van der Waals surface area contributed by atoms with Crippen molar-refractivity contribution >= 4 is 29.6 Å². The maximum Gasteiger partial charge on any atom is 0.329 e. The summed E-state index contributed by atoms with van der Waals surface area (Å²) in [4.78, 5) is 25.5. The van der Waals surface area contributed by atoms with Crippen molar-refractivity contribution in [3.8, 4) is 11.5 Å². The number of methoxy groups -OCH3 is 1. The van der Waals surface area contributed by atoms with Crippen LogP contribution in [0.1, 0.15) is 24.5 Å². The molecule has 6 nitrogen and oxygen atoms in total. The van der Waals surface area contributed by atoms with Crippen LogP contribution in [-0.4, -0.2) is 30.5 Å². The quantitative estimate of drug-likeness (QED) is 0.557. The van der Waals surface area contributed by atoms with Gasteiger partial charge in [-0.1, -0.05) is 48.9 Å². The van der Waals surface area contributed by atoms with E-state index in [0.29, 0.717) is 41.7 Å². The van der Waals surface area contributed by atoms with E-state index in [0.717, 1.165) is 5.56 Å². The van der Waals surface area contributed by atoms with Crippen molar-refractivity contribution in [3.05, 3.63) is 64.3 Å². The highest BCUT2D eigenvalue weighted by atomic mass is 35.5. The van der Waals surface area contributed by atoms with Gasteiger partial charge < -0.3 is 14.8 Å². The third-order valence-corrected chi connectivity index (χ3v) is 4.48. The van der Waals surface area contributed by atoms with Crippen molar-refractivity contribution in [2.24, 2.45) is 0 Å². The van der Waals surface area contributed by atoms with Crippen LogP contribution in [0.2, 0.25) is 5.02 Å². The van der Waals surface area contributed by atoms with Crippen molar-refractivity contribution < 1.29 is 19.1 Å². The number of ether oxygens (including phenoxy) is 2. The number of carbonyl (C=O) groups excluding carboxylic acids is 2. The van der Waals surface area contributed by atoms with Crippen LogP contribution >= 0.6 is 11.6 Å². The summed E-state index contributed by atoms with van der Waals surface area (Å²) in [7, 11) is 1.52. The summed E-state index contributed by atoms with van der Waals surface area (Å²) in [5.74, 6) is 0.508. The summed E-state index contributed by atoms with van der Waals surface area (Å²) in [6, 6.07) is 12.7. The van der Waals surface area contributed by atoms with Crippen LogP contribution in [0.3, 0.4) is 0 Å². The van der Waals surface area contributed by atoms with Crippen molar-refractivity contribution in [2.75, 3.05) is 13.7 Å². The second-order valence-electron chi connectivity index (χ2n) is 6.25. The number of urea groups is 1. The van der Waals surface area contributed by atoms with E-state index >= 15 is 0 Å². The zero-order valence-electron chi connectivity index (χ0n) is 15.7. The average Bonchev–Trinajstić information content (AvgIpc) is 2.95. The highest BCUT2D eigenvalue weighted by Gasteiger charge is 2.32. The first-order chi connectivity index (χ1) is 13.5. The zero-order chi connectivity index (χ0) is 20.1. The first-order valence-corrected chi connectivity index (χ1v) is 9.30. The summed E-state index contributed by atoms with van der Waals surface area (Å²) in [5, 5.41) is 2.94. The number of halogens is 1. The van der Waals surface area contributed by atoms with E-state index in [1.54, 1.807) is 18.2 Å². The lowest BCUT2D eigenvalue weighted by Gasteiger charge is -2.13. The molecule has 0 atom stereocenters. The standard InChI is InChI=1S/C21H21ClN2O4/c1-3-9-24-20(25)17(23-21(24)26)11-15-10-16(22)19(18(12-15)27-2)28-13-14-7-5-4-6-8-14/h4-8,10-12H,3,9,13H2,1-2H3,(H,23,26)/b17-11+. The molecule has 2 aromatic rings. The number of imide groups is 1. The summed E-state index contributed by atoms with van der Waals surface area (Å²) < 4.78 is 11.2. The van der Waals surface area contributed by atoms with Gasteiger partial charge in [-0.15, -0.1) is 0 Å². The number of benzene rings is 2. The highest BCUT2D eigenvalue weighted by Crippen LogP contribution is 2.37. The normalized spacial score (nSPS) is 15.1. The molecule has 0 saturated carbocycles. The van der Waals surface area contributed by atoms with Gasteiger partial charge >= 0.3 is 6.03 Å². The number of nitrogens with one attached hydrogen (secondary N) is 1. The Morgan fingerprint density at radius 2 is 1.93 bits per heavy atom. The van der Waals surface area contributed by atoms with Crippen LogP contribution in [0.5, 0.6) is 11.5 Å². The Kier molecular flexibility index (Phi) is 6.21. The van der Waals surface area contributed by atoms with Crippen molar-refractivity contribution in [1.29, 1.82) is 0 Å². The molecule has 0 aromatic heterocycles. The van der Waals surface area contributed by atoms with Gasteiger partial charge in [-0.3, -0.25) is 9.69 Å². The topological polar surface area (TPSA) is 67.9 Å². The van der Waals surface area contributed by atoms with Gasteiger partial charge in [0, 0.05) is 6.54 Å². The number of carbonyl (C=O) groups is 2. The van der Waals surface area contributed by atoms with Crippen LogP contribution in [0, 0.1) is 0 Å². The molecule has 0 bridgehead atoms. The summed E-state index contributed by atoms with van der Waals surface area (Å²) >= 11 is 6.39. The Morgan fingerprint density at radius 1 is 1.18 bits per heavy atom. The minimum absolute atomic E-state index is 0.203. The second kappa shape index (κ2) is 8.80. The number of amides is 3. The fraction of sp³-hybridized carbons (Fsp3) is 0.238. The van der Waals surface area contributed by atoms with E-state index in [9.17, 15) is 9.59 Å². The number of hydrogen-bond donors (Lipinski definition) is 1. The van der Waals surface area contributed by atoms with Gasteiger partial charge in [-0.2, -0.15) is 0 Å². The molecule has 1 N–H and O–H groups in total. The number of hydrogen-bond acceptors (Lipinski definition) is 4. The molecule has 0 radical (unpaired) electrons. The maximum atomic E-state index is 12.4. The fourth-order valence-corrected chi connectivity index (χ4v) is 3.13. The van der Waals surface area contributed by atoms with Crippen molar-refractivity contribution in [2.45, 2.75) is 20.0 Å². The van der Waals surface area contributed by atoms with E-state index in [-0.39, 0.29) is 11.6 Å². The van der Waals surface area contributed by atoms with Gasteiger partial charge in [0.05, 0.1) is 12.1 Å². The number of nitrogens with zero attached hydrogens (tertiary/aromatic N) is 1. The molecule has 146 valence electrons. The Bertz CT molecular complexity index is 912. The molecule has 1 fully saturated rings. The van der Waals surface area contributed by atoms with Crippen LogP contribution in [0.4, 0.5) is 4.79 Å². The predicted molar refractivity (Wildman–Crippen MR) is 107 cm³/mol. The summed E-state index contributed by atoms with van der Waals surface area (Å²) in [5.41, 5.74) is 1.83. The van der Waals surface area contributed by atoms with Crippen molar-refractivity contribution in [1.82, 2.24) is 10.2 Å². The first-order valence-electron chi connectivity index (χ1n) is 8.92. The lowest BCUT2D eigenvalue weighted by atomic mass is 10.1. The SMILES string of the molecule is CCCN1C(=O)N/C(=C/c2cc(Cl)c(OCc3ccccc3)c(OC)c2)C1=O. The monoisotopic (exact) mass is 400 g/mol. The van der Waals surface area contributed by atoms with E-state index in [1.807, 2.05) is 37.3 Å². The average molecular weight is 401 g/mol. The molecule has 0 spiro atoms. The van der Waals surface area contributed by atoms with Gasteiger partial charge in [0.25, 0.3) is 5.91 Å². The summed E-state index contributed by atoms with van der Waals surface area (Å²) in [6.07, 6.45) is 2.27. The second-order valence-corrected chi connectivity index (χ2v) is 6.66. The van der Waals surface area contributed by atoms with Gasteiger partial charge in [0.1, 0.15) is 12.3 Å². The molecule has 1 aliphatic heterocycles. The maximum absolute atomic E-state index is 12.4. The molecule has 1 saturated heterocycles. The molecule has 7 heteroatoms. The van der Waals surface area contributed by atoms with Crippen LogP contribution < -0.4 is 14.8 Å². The smallest absolute Gasteiger partial charge is 0.329 e. The molecule has 3 rings (SSSR count). The molecule has 1 aliphatic rings. The Hall–Kier alpha value is -2.99. The van der Waals surface area contributed by atoms with Crippen LogP contribution in [0.25, 0.3) is 6.08 Å². The molecule has 2 aromatic carbocycles. The Morgan fingerprint density at radius 3 is 2.61 bits per heavy atom. The predicted octanol–water partition coefficient (Wildman–Crippen LogP) is 4.23. The minimum atomic E-state index is -0.418. The van der Waals surface area contributed by atoms with Crippen molar-refractivity contribution in [3.63, 3.8) is 0 Å². The first kappa shape index (κ1) is 19.8. The fourth-order valence-electron chi connectivity index (χ4n) is 2.86. The number of rotatable bonds is 7. The zero-order valence-corrected chi connectivity index (χ0v) is 16.5. The van der Waals surface area contributed by atoms with Gasteiger partial charge in [-0.25, -0.2) is 4.79 Å².